The molecule has 29 heavy (non-hydrogen) atoms. The van der Waals surface area contributed by atoms with Crippen LogP contribution in [0.2, 0.25) is 0 Å². The molecule has 4 heterocycles. The molecule has 5 rings (SSSR count). The molecule has 2 amide bonds. The number of hydrogen-bond donors (Lipinski definition) is 1. The maximum Gasteiger partial charge on any atom is 0.271 e. The van der Waals surface area contributed by atoms with Crippen molar-refractivity contribution >= 4 is 34.3 Å². The normalized spacial score (nSPS) is 22.8. The van der Waals surface area contributed by atoms with Gasteiger partial charge in [0.2, 0.25) is 5.91 Å². The second-order valence-corrected chi connectivity index (χ2v) is 9.37. The quantitative estimate of drug-likeness (QED) is 0.701. The number of carbonyl (C=O) groups is 2. The van der Waals surface area contributed by atoms with E-state index in [1.54, 1.807) is 28.6 Å². The van der Waals surface area contributed by atoms with Crippen molar-refractivity contribution in [1.29, 1.82) is 0 Å². The molecule has 0 spiro atoms. The maximum atomic E-state index is 13.5. The topological polar surface area (TPSA) is 67.5 Å². The van der Waals surface area contributed by atoms with Crippen molar-refractivity contribution in [2.45, 2.75) is 63.7 Å². The van der Waals surface area contributed by atoms with Gasteiger partial charge in [-0.05, 0) is 31.2 Å². The average Bonchev–Trinajstić information content (AvgIpc) is 3.45. The van der Waals surface area contributed by atoms with Crippen molar-refractivity contribution in [2.24, 2.45) is 0 Å². The summed E-state index contributed by atoms with van der Waals surface area (Å²) in [7, 11) is 0. The van der Waals surface area contributed by atoms with Crippen LogP contribution in [0.3, 0.4) is 0 Å². The first-order valence-corrected chi connectivity index (χ1v) is 11.2. The lowest BCUT2D eigenvalue weighted by Crippen LogP contribution is -2.64. The molecular formula is C22H25N3O3S. The lowest BCUT2D eigenvalue weighted by Gasteiger charge is -2.44. The van der Waals surface area contributed by atoms with Crippen LogP contribution < -0.4 is 5.32 Å². The van der Waals surface area contributed by atoms with Gasteiger partial charge in [0.1, 0.15) is 11.2 Å². The van der Waals surface area contributed by atoms with Gasteiger partial charge in [-0.3, -0.25) is 9.59 Å². The monoisotopic (exact) mass is 411 g/mol. The van der Waals surface area contributed by atoms with Gasteiger partial charge in [-0.25, -0.2) is 0 Å². The van der Waals surface area contributed by atoms with E-state index in [1.165, 1.54) is 6.42 Å². The van der Waals surface area contributed by atoms with Crippen molar-refractivity contribution in [3.05, 3.63) is 46.5 Å². The summed E-state index contributed by atoms with van der Waals surface area (Å²) in [6.07, 6.45) is 7.19. The van der Waals surface area contributed by atoms with Crippen molar-refractivity contribution in [3.63, 3.8) is 0 Å². The van der Waals surface area contributed by atoms with Gasteiger partial charge < -0.3 is 19.2 Å². The summed E-state index contributed by atoms with van der Waals surface area (Å²) in [4.78, 5) is 29.9. The predicted octanol–water partition coefficient (Wildman–Crippen LogP) is 4.16. The minimum absolute atomic E-state index is 0.0645. The summed E-state index contributed by atoms with van der Waals surface area (Å²) >= 11 is 1.60. The smallest absolute Gasteiger partial charge is 0.271 e. The molecular weight excluding hydrogens is 386 g/mol. The van der Waals surface area contributed by atoms with E-state index in [0.29, 0.717) is 24.4 Å². The molecule has 3 aromatic rings. The highest BCUT2D eigenvalue weighted by atomic mass is 32.1. The second kappa shape index (κ2) is 7.06. The summed E-state index contributed by atoms with van der Waals surface area (Å²) in [6.45, 7) is 2.74. The molecule has 1 N–H and O–H groups in total. The van der Waals surface area contributed by atoms with Crippen LogP contribution in [0, 0.1) is 0 Å². The van der Waals surface area contributed by atoms with Crippen LogP contribution in [0.25, 0.3) is 11.1 Å². The fraction of sp³-hybridized carbons (Fsp3) is 0.455. The van der Waals surface area contributed by atoms with E-state index in [1.807, 2.05) is 35.1 Å². The highest BCUT2D eigenvalue weighted by molar-refractivity contribution is 7.09. The number of amides is 2. The summed E-state index contributed by atoms with van der Waals surface area (Å²) in [5, 5.41) is 5.26. The summed E-state index contributed by atoms with van der Waals surface area (Å²) in [5.74, 6) is -0.192. The second-order valence-electron chi connectivity index (χ2n) is 8.34. The molecule has 0 radical (unpaired) electrons. The number of carbonyl (C=O) groups excluding carboxylic acids is 2. The number of aromatic nitrogens is 1. The molecule has 0 aromatic carbocycles. The van der Waals surface area contributed by atoms with Crippen LogP contribution in [0.5, 0.6) is 0 Å². The SMILES string of the molecule is C[C@@]1(C(=O)NC2CCCCC2)Cn2c(cc3occc32)C(=O)N1Cc1cccs1. The van der Waals surface area contributed by atoms with Crippen LogP contribution in [0.1, 0.15) is 54.4 Å². The lowest BCUT2D eigenvalue weighted by molar-refractivity contribution is -0.134. The van der Waals surface area contributed by atoms with E-state index in [2.05, 4.69) is 5.32 Å². The van der Waals surface area contributed by atoms with E-state index in [9.17, 15) is 9.59 Å². The maximum absolute atomic E-state index is 13.5. The highest BCUT2D eigenvalue weighted by Crippen LogP contribution is 2.34. The van der Waals surface area contributed by atoms with Gasteiger partial charge in [-0.1, -0.05) is 25.3 Å². The minimum atomic E-state index is -0.964. The zero-order valence-electron chi connectivity index (χ0n) is 16.5. The Bertz CT molecular complexity index is 1040. The van der Waals surface area contributed by atoms with Crippen molar-refractivity contribution < 1.29 is 14.0 Å². The fourth-order valence-electron chi connectivity index (χ4n) is 4.67. The predicted molar refractivity (Wildman–Crippen MR) is 112 cm³/mol. The molecule has 1 saturated carbocycles. The molecule has 0 bridgehead atoms. The first-order valence-electron chi connectivity index (χ1n) is 10.3. The van der Waals surface area contributed by atoms with Crippen molar-refractivity contribution in [3.8, 4) is 0 Å². The molecule has 0 saturated heterocycles. The average molecular weight is 412 g/mol. The van der Waals surface area contributed by atoms with Gasteiger partial charge in [0, 0.05) is 23.1 Å². The minimum Gasteiger partial charge on any atom is -0.463 e. The number of rotatable bonds is 4. The molecule has 152 valence electrons. The zero-order valence-corrected chi connectivity index (χ0v) is 17.3. The molecule has 1 aliphatic carbocycles. The van der Waals surface area contributed by atoms with Crippen LogP contribution >= 0.6 is 11.3 Å². The molecule has 6 nitrogen and oxygen atoms in total. The van der Waals surface area contributed by atoms with Gasteiger partial charge in [0.15, 0.2) is 5.58 Å². The van der Waals surface area contributed by atoms with Crippen molar-refractivity contribution in [2.75, 3.05) is 0 Å². The zero-order chi connectivity index (χ0) is 20.0. The van der Waals surface area contributed by atoms with Gasteiger partial charge in [-0.15, -0.1) is 11.3 Å². The first kappa shape index (κ1) is 18.5. The Labute approximate surface area is 173 Å². The Morgan fingerprint density at radius 1 is 1.31 bits per heavy atom. The molecule has 0 unspecified atom stereocenters. The first-order chi connectivity index (χ1) is 14.1. The molecule has 1 atom stereocenters. The van der Waals surface area contributed by atoms with E-state index in [-0.39, 0.29) is 17.9 Å². The summed E-state index contributed by atoms with van der Waals surface area (Å²) < 4.78 is 7.46. The summed E-state index contributed by atoms with van der Waals surface area (Å²) in [6, 6.07) is 7.84. The third kappa shape index (κ3) is 3.08. The molecule has 7 heteroatoms. The third-order valence-corrected chi connectivity index (χ3v) is 7.23. The van der Waals surface area contributed by atoms with Gasteiger partial charge >= 0.3 is 0 Å². The molecule has 3 aromatic heterocycles. The largest absolute Gasteiger partial charge is 0.463 e. The number of hydrogen-bond acceptors (Lipinski definition) is 4. The Hall–Kier alpha value is -2.54. The standard InChI is InChI=1S/C22H25N3O3S/c1-22(21(27)23-15-6-3-2-4-7-15)14-24-17-9-10-28-19(17)12-18(24)20(26)25(22)13-16-8-5-11-29-16/h5,8-12,15H,2-4,6-7,13-14H2,1H3,(H,23,27)/t22-/m0/s1. The molecule has 2 aliphatic rings. The molecule has 1 fully saturated rings. The fourth-order valence-corrected chi connectivity index (χ4v) is 5.36. The van der Waals surface area contributed by atoms with Gasteiger partial charge in [0.05, 0.1) is 24.9 Å². The molecule has 1 aliphatic heterocycles. The number of fused-ring (bicyclic) bond motifs is 3. The van der Waals surface area contributed by atoms with E-state index >= 15 is 0 Å². The number of thiophene rings is 1. The summed E-state index contributed by atoms with van der Waals surface area (Å²) in [5.41, 5.74) is 1.16. The van der Waals surface area contributed by atoms with E-state index < -0.39 is 5.54 Å². The van der Waals surface area contributed by atoms with Gasteiger partial charge in [0.25, 0.3) is 5.91 Å². The Morgan fingerprint density at radius 3 is 2.90 bits per heavy atom. The Morgan fingerprint density at radius 2 is 2.14 bits per heavy atom. The van der Waals surface area contributed by atoms with Crippen LogP contribution in [0.15, 0.2) is 40.3 Å². The van der Waals surface area contributed by atoms with E-state index in [0.717, 1.165) is 36.1 Å². The number of nitrogens with one attached hydrogen (secondary N) is 1. The number of furan rings is 1. The number of nitrogens with zero attached hydrogens (tertiary/aromatic N) is 2. The van der Waals surface area contributed by atoms with Gasteiger partial charge in [-0.2, -0.15) is 0 Å². The van der Waals surface area contributed by atoms with E-state index in [4.69, 9.17) is 4.42 Å². The lowest BCUT2D eigenvalue weighted by atomic mass is 9.91. The Kier molecular flexibility index (Phi) is 4.50. The van der Waals surface area contributed by atoms with Crippen LogP contribution in [0.4, 0.5) is 0 Å². The highest BCUT2D eigenvalue weighted by Gasteiger charge is 2.48. The van der Waals surface area contributed by atoms with Crippen molar-refractivity contribution in [1.82, 2.24) is 14.8 Å². The van der Waals surface area contributed by atoms with Crippen LogP contribution in [-0.4, -0.2) is 32.9 Å². The third-order valence-electron chi connectivity index (χ3n) is 6.37. The van der Waals surface area contributed by atoms with Crippen LogP contribution in [-0.2, 0) is 17.9 Å². The Balaban J connectivity index is 1.53.